The van der Waals surface area contributed by atoms with Gasteiger partial charge in [-0.15, -0.1) is 0 Å². The minimum Gasteiger partial charge on any atom is -0.468 e. The van der Waals surface area contributed by atoms with Crippen molar-refractivity contribution in [1.29, 1.82) is 0 Å². The molecule has 0 heterocycles. The van der Waals surface area contributed by atoms with Crippen molar-refractivity contribution in [3.63, 3.8) is 0 Å². The highest BCUT2D eigenvalue weighted by Crippen LogP contribution is 2.55. The van der Waals surface area contributed by atoms with Gasteiger partial charge in [0.05, 0.1) is 12.5 Å². The number of benzene rings is 1. The summed E-state index contributed by atoms with van der Waals surface area (Å²) in [7, 11) is 3.35. The molecule has 0 aromatic heterocycles. The molecule has 0 bridgehead atoms. The second-order valence-electron chi connectivity index (χ2n) is 4.55. The third-order valence-corrected chi connectivity index (χ3v) is 5.42. The van der Waals surface area contributed by atoms with Crippen LogP contribution in [0.2, 0.25) is 0 Å². The van der Waals surface area contributed by atoms with Crippen LogP contribution in [0.5, 0.6) is 0 Å². The lowest BCUT2D eigenvalue weighted by Crippen LogP contribution is -2.27. The van der Waals surface area contributed by atoms with Gasteiger partial charge in [0.25, 0.3) is 0 Å². The van der Waals surface area contributed by atoms with E-state index in [4.69, 9.17) is 4.74 Å². The second kappa shape index (κ2) is 5.31. The van der Waals surface area contributed by atoms with Crippen molar-refractivity contribution < 1.29 is 9.53 Å². The van der Waals surface area contributed by atoms with Crippen molar-refractivity contribution in [2.24, 2.45) is 5.92 Å². The number of hydrogen-bond donors (Lipinski definition) is 1. The topological polar surface area (TPSA) is 38.3 Å². The number of esters is 1. The van der Waals surface area contributed by atoms with E-state index in [0.29, 0.717) is 5.92 Å². The van der Waals surface area contributed by atoms with E-state index in [0.717, 1.165) is 27.5 Å². The molecule has 2 atom stereocenters. The van der Waals surface area contributed by atoms with Crippen LogP contribution < -0.4 is 5.32 Å². The number of nitrogens with one attached hydrogen (secondary N) is 1. The van der Waals surface area contributed by atoms with Crippen LogP contribution in [0.4, 0.5) is 0 Å². The number of halogens is 2. The summed E-state index contributed by atoms with van der Waals surface area (Å²) in [6.45, 7) is 0.822. The summed E-state index contributed by atoms with van der Waals surface area (Å²) in [5.41, 5.74) is 0.547. The molecule has 0 spiro atoms. The van der Waals surface area contributed by atoms with Crippen molar-refractivity contribution in [3.05, 3.63) is 32.7 Å². The maximum Gasteiger partial charge on any atom is 0.316 e. The molecule has 1 saturated carbocycles. The first-order chi connectivity index (χ1) is 8.56. The zero-order chi connectivity index (χ0) is 13.3. The minimum atomic E-state index is -0.471. The van der Waals surface area contributed by atoms with Gasteiger partial charge in [0.2, 0.25) is 0 Å². The van der Waals surface area contributed by atoms with Crippen LogP contribution >= 0.6 is 31.9 Å². The fourth-order valence-electron chi connectivity index (χ4n) is 2.50. The SMILES string of the molecule is CNC[C@@H]1C[C@]1(C(=O)OC)c1ccc(Br)c(Br)c1. The lowest BCUT2D eigenvalue weighted by atomic mass is 9.93. The van der Waals surface area contributed by atoms with Gasteiger partial charge in [-0.05, 0) is 75.5 Å². The van der Waals surface area contributed by atoms with Crippen molar-refractivity contribution in [2.75, 3.05) is 20.7 Å². The van der Waals surface area contributed by atoms with Gasteiger partial charge < -0.3 is 10.1 Å². The predicted molar refractivity (Wildman–Crippen MR) is 77.6 cm³/mol. The summed E-state index contributed by atoms with van der Waals surface area (Å²) in [4.78, 5) is 12.1. The monoisotopic (exact) mass is 375 g/mol. The Morgan fingerprint density at radius 1 is 1.50 bits per heavy atom. The van der Waals surface area contributed by atoms with E-state index in [9.17, 15) is 4.79 Å². The van der Waals surface area contributed by atoms with Gasteiger partial charge in [0, 0.05) is 8.95 Å². The van der Waals surface area contributed by atoms with Gasteiger partial charge in [-0.3, -0.25) is 4.79 Å². The standard InChI is InChI=1S/C13H15Br2NO2/c1-16-7-9-6-13(9,12(17)18-2)8-3-4-10(14)11(15)5-8/h3-5,9,16H,6-7H2,1-2H3/t9-,13-/m0/s1. The molecule has 1 fully saturated rings. The summed E-state index contributed by atoms with van der Waals surface area (Å²) in [6, 6.07) is 5.94. The van der Waals surface area contributed by atoms with Crippen molar-refractivity contribution in [1.82, 2.24) is 5.32 Å². The van der Waals surface area contributed by atoms with E-state index in [1.807, 2.05) is 25.2 Å². The van der Waals surface area contributed by atoms with Crippen LogP contribution in [0.3, 0.4) is 0 Å². The fourth-order valence-corrected chi connectivity index (χ4v) is 3.13. The van der Waals surface area contributed by atoms with Gasteiger partial charge in [0.1, 0.15) is 0 Å². The van der Waals surface area contributed by atoms with Gasteiger partial charge in [-0.2, -0.15) is 0 Å². The molecule has 3 nitrogen and oxygen atoms in total. The molecular formula is C13H15Br2NO2. The summed E-state index contributed by atoms with van der Waals surface area (Å²) in [5, 5.41) is 3.13. The molecule has 0 unspecified atom stereocenters. The Bertz CT molecular complexity index is 478. The average molecular weight is 377 g/mol. The summed E-state index contributed by atoms with van der Waals surface area (Å²) < 4.78 is 6.93. The zero-order valence-electron chi connectivity index (χ0n) is 10.3. The molecule has 0 amide bonds. The molecular weight excluding hydrogens is 362 g/mol. The number of carbonyl (C=O) groups is 1. The Labute approximate surface area is 124 Å². The van der Waals surface area contributed by atoms with E-state index < -0.39 is 5.41 Å². The quantitative estimate of drug-likeness (QED) is 0.821. The van der Waals surface area contributed by atoms with Gasteiger partial charge in [-0.25, -0.2) is 0 Å². The highest BCUT2D eigenvalue weighted by atomic mass is 79.9. The molecule has 5 heteroatoms. The third-order valence-electron chi connectivity index (χ3n) is 3.54. The number of hydrogen-bond acceptors (Lipinski definition) is 3. The van der Waals surface area contributed by atoms with Crippen LogP contribution in [-0.2, 0) is 14.9 Å². The summed E-state index contributed by atoms with van der Waals surface area (Å²) in [5.74, 6) is 0.167. The van der Waals surface area contributed by atoms with Crippen LogP contribution in [-0.4, -0.2) is 26.7 Å². The molecule has 98 valence electrons. The number of rotatable bonds is 4. The molecule has 2 rings (SSSR count). The van der Waals surface area contributed by atoms with E-state index in [1.54, 1.807) is 0 Å². The Hall–Kier alpha value is -0.390. The van der Waals surface area contributed by atoms with Crippen LogP contribution in [0, 0.1) is 5.92 Å². The van der Waals surface area contributed by atoms with Crippen molar-refractivity contribution >= 4 is 37.8 Å². The average Bonchev–Trinajstić information content (AvgIpc) is 3.07. The molecule has 1 aliphatic carbocycles. The molecule has 0 saturated heterocycles. The highest BCUT2D eigenvalue weighted by Gasteiger charge is 2.61. The largest absolute Gasteiger partial charge is 0.468 e. The van der Waals surface area contributed by atoms with E-state index in [1.165, 1.54) is 7.11 Å². The van der Waals surface area contributed by atoms with Crippen molar-refractivity contribution in [2.45, 2.75) is 11.8 Å². The molecule has 1 aromatic rings. The predicted octanol–water partition coefficient (Wildman–Crippen LogP) is 2.86. The first kappa shape index (κ1) is 14.0. The van der Waals surface area contributed by atoms with E-state index >= 15 is 0 Å². The Kier molecular flexibility index (Phi) is 4.14. The number of carbonyl (C=O) groups excluding carboxylic acids is 1. The van der Waals surface area contributed by atoms with Crippen LogP contribution in [0.15, 0.2) is 27.1 Å². The lowest BCUT2D eigenvalue weighted by molar-refractivity contribution is -0.144. The van der Waals surface area contributed by atoms with Crippen LogP contribution in [0.1, 0.15) is 12.0 Å². The van der Waals surface area contributed by atoms with Gasteiger partial charge in [-0.1, -0.05) is 6.07 Å². The lowest BCUT2D eigenvalue weighted by Gasteiger charge is -2.16. The highest BCUT2D eigenvalue weighted by molar-refractivity contribution is 9.13. The summed E-state index contributed by atoms with van der Waals surface area (Å²) in [6.07, 6.45) is 0.842. The Morgan fingerprint density at radius 2 is 2.22 bits per heavy atom. The van der Waals surface area contributed by atoms with Crippen LogP contribution in [0.25, 0.3) is 0 Å². The van der Waals surface area contributed by atoms with E-state index in [-0.39, 0.29) is 5.97 Å². The molecule has 0 aliphatic heterocycles. The zero-order valence-corrected chi connectivity index (χ0v) is 13.5. The Balaban J connectivity index is 2.37. The minimum absolute atomic E-state index is 0.142. The normalized spacial score (nSPS) is 25.9. The number of ether oxygens (including phenoxy) is 1. The van der Waals surface area contributed by atoms with Crippen molar-refractivity contribution in [3.8, 4) is 0 Å². The van der Waals surface area contributed by atoms with Gasteiger partial charge in [0.15, 0.2) is 0 Å². The molecule has 1 aliphatic rings. The Morgan fingerprint density at radius 3 is 2.78 bits per heavy atom. The first-order valence-electron chi connectivity index (χ1n) is 5.74. The summed E-state index contributed by atoms with van der Waals surface area (Å²) >= 11 is 6.92. The third kappa shape index (κ3) is 2.24. The molecule has 1 aromatic carbocycles. The smallest absolute Gasteiger partial charge is 0.316 e. The van der Waals surface area contributed by atoms with E-state index in [2.05, 4.69) is 37.2 Å². The van der Waals surface area contributed by atoms with Gasteiger partial charge >= 0.3 is 5.97 Å². The first-order valence-corrected chi connectivity index (χ1v) is 7.33. The second-order valence-corrected chi connectivity index (χ2v) is 6.26. The maximum absolute atomic E-state index is 12.1. The fraction of sp³-hybridized carbons (Fsp3) is 0.462. The molecule has 1 N–H and O–H groups in total. The maximum atomic E-state index is 12.1. The molecule has 0 radical (unpaired) electrons. The molecule has 18 heavy (non-hydrogen) atoms. The number of methoxy groups -OCH3 is 1.